The summed E-state index contributed by atoms with van der Waals surface area (Å²) in [6.07, 6.45) is 0. The highest BCUT2D eigenvalue weighted by Gasteiger charge is 2.17. The first kappa shape index (κ1) is 14.3. The largest absolute Gasteiger partial charge is 0.329 e. The van der Waals surface area contributed by atoms with E-state index in [1.54, 1.807) is 19.1 Å². The molecule has 94 valence electrons. The van der Waals surface area contributed by atoms with Gasteiger partial charge in [0.2, 0.25) is 0 Å². The molecule has 2 N–H and O–H groups in total. The molecule has 0 amide bonds. The lowest BCUT2D eigenvalue weighted by atomic mass is 10.2. The molecule has 2 atom stereocenters. The van der Waals surface area contributed by atoms with Gasteiger partial charge in [0.25, 0.3) is 5.69 Å². The Morgan fingerprint density at radius 3 is 2.76 bits per heavy atom. The van der Waals surface area contributed by atoms with E-state index in [-0.39, 0.29) is 16.7 Å². The van der Waals surface area contributed by atoms with Gasteiger partial charge in [-0.2, -0.15) is 0 Å². The van der Waals surface area contributed by atoms with E-state index >= 15 is 0 Å². The van der Waals surface area contributed by atoms with Gasteiger partial charge >= 0.3 is 0 Å². The molecule has 0 saturated carbocycles. The highest BCUT2D eigenvalue weighted by Crippen LogP contribution is 2.29. The highest BCUT2D eigenvalue weighted by molar-refractivity contribution is 9.10. The number of rotatable bonds is 5. The monoisotopic (exact) mass is 320 g/mol. The molecule has 0 spiro atoms. The van der Waals surface area contributed by atoms with Gasteiger partial charge in [0.1, 0.15) is 0 Å². The first-order valence-corrected chi connectivity index (χ1v) is 7.14. The van der Waals surface area contributed by atoms with Gasteiger partial charge in [-0.3, -0.25) is 14.3 Å². The Morgan fingerprint density at radius 1 is 1.59 bits per heavy atom. The molecule has 0 bridgehead atoms. The zero-order valence-corrected chi connectivity index (χ0v) is 11.7. The number of nitrogens with two attached hydrogens (primary N) is 1. The summed E-state index contributed by atoms with van der Waals surface area (Å²) in [6, 6.07) is 4.71. The van der Waals surface area contributed by atoms with Crippen LogP contribution in [0.4, 0.5) is 5.69 Å². The quantitative estimate of drug-likeness (QED) is 0.663. The van der Waals surface area contributed by atoms with Crippen LogP contribution in [0.1, 0.15) is 12.5 Å². The fourth-order valence-electron chi connectivity index (χ4n) is 1.22. The van der Waals surface area contributed by atoms with Gasteiger partial charge in [-0.1, -0.05) is 12.1 Å². The Labute approximate surface area is 110 Å². The van der Waals surface area contributed by atoms with Crippen LogP contribution in [0.3, 0.4) is 0 Å². The van der Waals surface area contributed by atoms with Crippen molar-refractivity contribution >= 4 is 32.4 Å². The van der Waals surface area contributed by atoms with Crippen molar-refractivity contribution in [3.8, 4) is 0 Å². The summed E-state index contributed by atoms with van der Waals surface area (Å²) in [5, 5.41) is 10.6. The minimum Gasteiger partial charge on any atom is -0.329 e. The molecule has 0 aliphatic heterocycles. The van der Waals surface area contributed by atoms with Gasteiger partial charge in [0.15, 0.2) is 0 Å². The average molecular weight is 321 g/mol. The van der Waals surface area contributed by atoms with Crippen molar-refractivity contribution in [1.29, 1.82) is 0 Å². The third kappa shape index (κ3) is 3.58. The molecule has 0 aliphatic carbocycles. The van der Waals surface area contributed by atoms with Crippen LogP contribution in [0.2, 0.25) is 0 Å². The molecule has 7 heteroatoms. The van der Waals surface area contributed by atoms with Crippen molar-refractivity contribution in [1.82, 2.24) is 0 Å². The first-order chi connectivity index (χ1) is 7.97. The van der Waals surface area contributed by atoms with E-state index in [1.165, 1.54) is 6.07 Å². The van der Waals surface area contributed by atoms with Crippen molar-refractivity contribution in [3.63, 3.8) is 0 Å². The van der Waals surface area contributed by atoms with Crippen LogP contribution in [0.25, 0.3) is 0 Å². The molecule has 1 aromatic rings. The lowest BCUT2D eigenvalue weighted by Crippen LogP contribution is -2.22. The van der Waals surface area contributed by atoms with E-state index in [1.807, 2.05) is 0 Å². The molecule has 0 radical (unpaired) electrons. The van der Waals surface area contributed by atoms with Crippen LogP contribution in [0, 0.1) is 10.1 Å². The topological polar surface area (TPSA) is 86.2 Å². The van der Waals surface area contributed by atoms with Crippen LogP contribution in [-0.4, -0.2) is 20.9 Å². The summed E-state index contributed by atoms with van der Waals surface area (Å²) in [4.78, 5) is 10.3. The van der Waals surface area contributed by atoms with Gasteiger partial charge in [0, 0.05) is 28.7 Å². The highest BCUT2D eigenvalue weighted by atomic mass is 79.9. The molecule has 1 aromatic carbocycles. The zero-order valence-electron chi connectivity index (χ0n) is 9.26. The van der Waals surface area contributed by atoms with Crippen LogP contribution in [0.15, 0.2) is 22.7 Å². The Bertz CT molecular complexity index is 453. The number of nitrogens with zero attached hydrogens (tertiary/aromatic N) is 1. The first-order valence-electron chi connectivity index (χ1n) is 4.96. The van der Waals surface area contributed by atoms with Gasteiger partial charge in [0.05, 0.1) is 15.1 Å². The van der Waals surface area contributed by atoms with E-state index < -0.39 is 15.7 Å². The van der Waals surface area contributed by atoms with Crippen molar-refractivity contribution < 1.29 is 9.13 Å². The van der Waals surface area contributed by atoms with Crippen LogP contribution >= 0.6 is 15.9 Å². The number of halogens is 1. The summed E-state index contributed by atoms with van der Waals surface area (Å²) >= 11 is 3.17. The molecule has 2 unspecified atom stereocenters. The summed E-state index contributed by atoms with van der Waals surface area (Å²) < 4.78 is 12.2. The Morgan fingerprint density at radius 2 is 2.24 bits per heavy atom. The molecular weight excluding hydrogens is 308 g/mol. The molecule has 1 rings (SSSR count). The molecule has 0 aliphatic rings. The van der Waals surface area contributed by atoms with Crippen molar-refractivity contribution in [2.45, 2.75) is 17.9 Å². The van der Waals surface area contributed by atoms with Crippen molar-refractivity contribution in [2.24, 2.45) is 5.73 Å². The van der Waals surface area contributed by atoms with E-state index in [0.29, 0.717) is 16.6 Å². The van der Waals surface area contributed by atoms with E-state index in [0.717, 1.165) is 0 Å². The minimum atomic E-state index is -1.13. The fourth-order valence-corrected chi connectivity index (χ4v) is 3.00. The normalized spacial score (nSPS) is 14.3. The van der Waals surface area contributed by atoms with Gasteiger partial charge in [-0.25, -0.2) is 0 Å². The van der Waals surface area contributed by atoms with E-state index in [4.69, 9.17) is 5.73 Å². The molecule has 5 nitrogen and oxygen atoms in total. The maximum absolute atomic E-state index is 11.8. The van der Waals surface area contributed by atoms with Crippen LogP contribution in [0.5, 0.6) is 0 Å². The maximum atomic E-state index is 11.8. The van der Waals surface area contributed by atoms with Gasteiger partial charge < -0.3 is 5.73 Å². The molecule has 0 fully saturated rings. The zero-order chi connectivity index (χ0) is 13.0. The Kier molecular flexibility index (Phi) is 5.23. The number of nitro groups is 1. The van der Waals surface area contributed by atoms with E-state index in [2.05, 4.69) is 15.9 Å². The van der Waals surface area contributed by atoms with Gasteiger partial charge in [-0.05, 0) is 28.4 Å². The summed E-state index contributed by atoms with van der Waals surface area (Å²) in [5.41, 5.74) is 6.08. The third-order valence-electron chi connectivity index (χ3n) is 2.33. The maximum Gasteiger partial charge on any atom is 0.283 e. The van der Waals surface area contributed by atoms with Gasteiger partial charge in [-0.15, -0.1) is 0 Å². The molecule has 0 heterocycles. The van der Waals surface area contributed by atoms with Crippen LogP contribution < -0.4 is 5.73 Å². The second-order valence-corrected chi connectivity index (χ2v) is 6.23. The molecule has 17 heavy (non-hydrogen) atoms. The van der Waals surface area contributed by atoms with Crippen LogP contribution in [-0.2, 0) is 16.6 Å². The minimum absolute atomic E-state index is 0.0140. The Balaban J connectivity index is 2.96. The third-order valence-corrected chi connectivity index (χ3v) is 4.93. The predicted octanol–water partition coefficient (Wildman–Crippen LogP) is 1.95. The lowest BCUT2D eigenvalue weighted by Gasteiger charge is -2.09. The summed E-state index contributed by atoms with van der Waals surface area (Å²) in [6.45, 7) is 2.13. The van der Waals surface area contributed by atoms with E-state index in [9.17, 15) is 14.3 Å². The predicted molar refractivity (Wildman–Crippen MR) is 71.2 cm³/mol. The number of nitro benzene ring substituents is 1. The number of hydrogen-bond acceptors (Lipinski definition) is 4. The molecular formula is C10H13BrN2O3S. The summed E-state index contributed by atoms with van der Waals surface area (Å²) in [5.74, 6) is 0.265. The number of hydrogen-bond donors (Lipinski definition) is 1. The summed E-state index contributed by atoms with van der Waals surface area (Å²) in [7, 11) is -1.13. The molecule has 0 saturated heterocycles. The molecule has 0 aromatic heterocycles. The fraction of sp³-hybridized carbons (Fsp3) is 0.400. The standard InChI is InChI=1S/C10H13BrN2O3S/c1-7(5-12)17(16)6-8-3-2-4-9(10(8)11)13(14)15/h2-4,7H,5-6,12H2,1H3. The average Bonchev–Trinajstić information content (AvgIpc) is 2.30. The number of benzene rings is 1. The van der Waals surface area contributed by atoms with Crippen molar-refractivity contribution in [2.75, 3.05) is 6.54 Å². The second-order valence-electron chi connectivity index (χ2n) is 3.58. The lowest BCUT2D eigenvalue weighted by molar-refractivity contribution is -0.385. The second kappa shape index (κ2) is 6.23. The SMILES string of the molecule is CC(CN)S(=O)Cc1cccc([N+](=O)[O-])c1Br. The Hall–Kier alpha value is -0.790. The smallest absolute Gasteiger partial charge is 0.283 e. The van der Waals surface area contributed by atoms with Crippen molar-refractivity contribution in [3.05, 3.63) is 38.3 Å².